The van der Waals surface area contributed by atoms with Crippen LogP contribution < -0.4 is 0 Å². The lowest BCUT2D eigenvalue weighted by Gasteiger charge is -2.32. The second kappa shape index (κ2) is 7.66. The summed E-state index contributed by atoms with van der Waals surface area (Å²) in [6.07, 6.45) is 2.74. The Bertz CT molecular complexity index is 450. The highest BCUT2D eigenvalue weighted by Gasteiger charge is 2.21. The number of carbonyl (C=O) groups is 1. The Balaban J connectivity index is 1.73. The number of carbonyl (C=O) groups excluding carboxylic acids is 1. The third-order valence-electron chi connectivity index (χ3n) is 4.05. The highest BCUT2D eigenvalue weighted by Crippen LogP contribution is 2.17. The number of nitrogens with zero attached hydrogens (tertiary/aromatic N) is 2. The Kier molecular flexibility index (Phi) is 5.88. The Labute approximate surface area is 126 Å². The zero-order valence-corrected chi connectivity index (χ0v) is 13.0. The number of benzene rings is 1. The van der Waals surface area contributed by atoms with Gasteiger partial charge in [0.25, 0.3) is 0 Å². The molecule has 116 valence electrons. The first-order valence-corrected chi connectivity index (χ1v) is 7.66. The molecule has 4 heteroatoms. The van der Waals surface area contributed by atoms with Crippen LogP contribution in [0.5, 0.6) is 0 Å². The molecular weight excluding hydrogens is 267 g/mol. The van der Waals surface area contributed by atoms with Gasteiger partial charge in [0.2, 0.25) is 0 Å². The smallest absolute Gasteiger partial charge is 0.151 e. The molecule has 0 atom stereocenters. The number of hydrogen-bond donors (Lipinski definition) is 0. The number of ketones is 1. The summed E-state index contributed by atoms with van der Waals surface area (Å²) >= 11 is 0. The van der Waals surface area contributed by atoms with Crippen molar-refractivity contribution in [3.63, 3.8) is 0 Å². The maximum atomic E-state index is 12.8. The van der Waals surface area contributed by atoms with Crippen molar-refractivity contribution < 1.29 is 9.18 Å². The van der Waals surface area contributed by atoms with Gasteiger partial charge in [0, 0.05) is 13.0 Å². The maximum absolute atomic E-state index is 12.8. The maximum Gasteiger partial charge on any atom is 0.151 e. The molecule has 0 unspecified atom stereocenters. The van der Waals surface area contributed by atoms with Gasteiger partial charge in [0.05, 0.1) is 6.54 Å². The van der Waals surface area contributed by atoms with Crippen molar-refractivity contribution >= 4 is 5.78 Å². The molecule has 1 aliphatic heterocycles. The van der Waals surface area contributed by atoms with E-state index in [9.17, 15) is 9.18 Å². The second-order valence-electron chi connectivity index (χ2n) is 6.32. The number of halogens is 1. The molecular formula is C17H25FN2O. The van der Waals surface area contributed by atoms with Gasteiger partial charge in [-0.3, -0.25) is 9.69 Å². The Hall–Kier alpha value is -1.26. The molecule has 1 saturated heterocycles. The lowest BCUT2D eigenvalue weighted by Crippen LogP contribution is -2.40. The minimum absolute atomic E-state index is 0.215. The summed E-state index contributed by atoms with van der Waals surface area (Å²) in [6, 6.07) is 6.21. The van der Waals surface area contributed by atoms with Crippen LogP contribution in [-0.4, -0.2) is 55.9 Å². The zero-order valence-electron chi connectivity index (χ0n) is 13.0. The van der Waals surface area contributed by atoms with Crippen LogP contribution in [0.4, 0.5) is 4.39 Å². The molecule has 1 fully saturated rings. The van der Waals surface area contributed by atoms with Crippen LogP contribution in [0.1, 0.15) is 18.4 Å². The SMILES string of the molecule is CN(C)CC1CCN(CC(=O)Cc2ccc(F)cc2)CC1. The average molecular weight is 292 g/mol. The number of piperidine rings is 1. The standard InChI is InChI=1S/C17H25FN2O/c1-19(2)12-15-7-9-20(10-8-15)13-17(21)11-14-3-5-16(18)6-4-14/h3-6,15H,7-13H2,1-2H3. The van der Waals surface area contributed by atoms with Gasteiger partial charge in [-0.05, 0) is 63.6 Å². The molecule has 0 bridgehead atoms. The molecule has 0 N–H and O–H groups in total. The van der Waals surface area contributed by atoms with Crippen LogP contribution in [0, 0.1) is 11.7 Å². The second-order valence-corrected chi connectivity index (χ2v) is 6.32. The summed E-state index contributed by atoms with van der Waals surface area (Å²) in [5.74, 6) is 0.713. The minimum Gasteiger partial charge on any atom is -0.309 e. The highest BCUT2D eigenvalue weighted by molar-refractivity contribution is 5.82. The van der Waals surface area contributed by atoms with Crippen molar-refractivity contribution in [3.05, 3.63) is 35.6 Å². The number of Topliss-reactive ketones (excluding diaryl/α,β-unsaturated/α-hetero) is 1. The molecule has 0 saturated carbocycles. The molecule has 1 aliphatic rings. The van der Waals surface area contributed by atoms with Crippen molar-refractivity contribution in [2.75, 3.05) is 40.3 Å². The van der Waals surface area contributed by atoms with Gasteiger partial charge in [0.1, 0.15) is 5.82 Å². The van der Waals surface area contributed by atoms with Crippen LogP contribution in [0.2, 0.25) is 0 Å². The van der Waals surface area contributed by atoms with E-state index in [-0.39, 0.29) is 11.6 Å². The van der Waals surface area contributed by atoms with E-state index in [2.05, 4.69) is 23.9 Å². The monoisotopic (exact) mass is 292 g/mol. The van der Waals surface area contributed by atoms with Crippen LogP contribution in [-0.2, 0) is 11.2 Å². The van der Waals surface area contributed by atoms with E-state index in [1.54, 1.807) is 12.1 Å². The molecule has 0 radical (unpaired) electrons. The predicted molar refractivity (Wildman–Crippen MR) is 82.8 cm³/mol. The van der Waals surface area contributed by atoms with Crippen LogP contribution >= 0.6 is 0 Å². The van der Waals surface area contributed by atoms with Crippen molar-refractivity contribution in [2.45, 2.75) is 19.3 Å². The summed E-state index contributed by atoms with van der Waals surface area (Å²) in [4.78, 5) is 16.6. The Morgan fingerprint density at radius 2 is 1.86 bits per heavy atom. The van der Waals surface area contributed by atoms with E-state index in [1.807, 2.05) is 0 Å². The van der Waals surface area contributed by atoms with Gasteiger partial charge in [-0.1, -0.05) is 12.1 Å². The quantitative estimate of drug-likeness (QED) is 0.803. The van der Waals surface area contributed by atoms with E-state index in [4.69, 9.17) is 0 Å². The molecule has 0 amide bonds. The van der Waals surface area contributed by atoms with Gasteiger partial charge in [0.15, 0.2) is 5.78 Å². The number of likely N-dealkylation sites (tertiary alicyclic amines) is 1. The van der Waals surface area contributed by atoms with E-state index < -0.39 is 0 Å². The highest BCUT2D eigenvalue weighted by atomic mass is 19.1. The van der Waals surface area contributed by atoms with E-state index in [0.717, 1.165) is 31.1 Å². The summed E-state index contributed by atoms with van der Waals surface area (Å²) in [7, 11) is 4.22. The van der Waals surface area contributed by atoms with Crippen molar-refractivity contribution in [2.24, 2.45) is 5.92 Å². The van der Waals surface area contributed by atoms with Crippen LogP contribution in [0.3, 0.4) is 0 Å². The number of rotatable bonds is 6. The van der Waals surface area contributed by atoms with Crippen molar-refractivity contribution in [1.82, 2.24) is 9.80 Å². The number of hydrogen-bond acceptors (Lipinski definition) is 3. The molecule has 21 heavy (non-hydrogen) atoms. The fraction of sp³-hybridized carbons (Fsp3) is 0.588. The summed E-state index contributed by atoms with van der Waals surface area (Å²) < 4.78 is 12.8. The van der Waals surface area contributed by atoms with Gasteiger partial charge in [-0.2, -0.15) is 0 Å². The topological polar surface area (TPSA) is 23.6 Å². The van der Waals surface area contributed by atoms with Crippen LogP contribution in [0.15, 0.2) is 24.3 Å². The van der Waals surface area contributed by atoms with Crippen molar-refractivity contribution in [3.8, 4) is 0 Å². The van der Waals surface area contributed by atoms with Crippen LogP contribution in [0.25, 0.3) is 0 Å². The molecule has 0 aromatic heterocycles. The molecule has 1 heterocycles. The first-order chi connectivity index (χ1) is 10.0. The Morgan fingerprint density at radius 3 is 2.43 bits per heavy atom. The predicted octanol–water partition coefficient (Wildman–Crippen LogP) is 2.21. The van der Waals surface area contributed by atoms with Crippen molar-refractivity contribution in [1.29, 1.82) is 0 Å². The fourth-order valence-electron chi connectivity index (χ4n) is 2.98. The van der Waals surface area contributed by atoms with E-state index in [1.165, 1.54) is 25.0 Å². The molecule has 0 aliphatic carbocycles. The average Bonchev–Trinajstić information content (AvgIpc) is 2.43. The minimum atomic E-state index is -0.255. The van der Waals surface area contributed by atoms with Gasteiger partial charge >= 0.3 is 0 Å². The first-order valence-electron chi connectivity index (χ1n) is 7.66. The third kappa shape index (κ3) is 5.56. The zero-order chi connectivity index (χ0) is 15.2. The fourth-order valence-corrected chi connectivity index (χ4v) is 2.98. The largest absolute Gasteiger partial charge is 0.309 e. The summed E-state index contributed by atoms with van der Waals surface area (Å²) in [5.41, 5.74) is 0.892. The molecule has 0 spiro atoms. The summed E-state index contributed by atoms with van der Waals surface area (Å²) in [6.45, 7) is 3.67. The normalized spacial score (nSPS) is 17.3. The molecule has 1 aromatic rings. The lowest BCUT2D eigenvalue weighted by molar-refractivity contribution is -0.119. The van der Waals surface area contributed by atoms with Gasteiger partial charge < -0.3 is 4.90 Å². The molecule has 1 aromatic carbocycles. The third-order valence-corrected chi connectivity index (χ3v) is 4.05. The molecule has 3 nitrogen and oxygen atoms in total. The molecule has 2 rings (SSSR count). The first kappa shape index (κ1) is 16.1. The van der Waals surface area contributed by atoms with Gasteiger partial charge in [-0.15, -0.1) is 0 Å². The lowest BCUT2D eigenvalue weighted by atomic mass is 9.96. The summed E-state index contributed by atoms with van der Waals surface area (Å²) in [5, 5.41) is 0. The van der Waals surface area contributed by atoms with Gasteiger partial charge in [-0.25, -0.2) is 4.39 Å². The van der Waals surface area contributed by atoms with E-state index >= 15 is 0 Å². The van der Waals surface area contributed by atoms with E-state index in [0.29, 0.717) is 13.0 Å². The Morgan fingerprint density at radius 1 is 1.24 bits per heavy atom.